The number of amides is 1. The minimum Gasteiger partial charge on any atom is -0.366 e. The van der Waals surface area contributed by atoms with Gasteiger partial charge in [-0.3, -0.25) is 14.2 Å². The highest BCUT2D eigenvalue weighted by molar-refractivity contribution is 6.08. The van der Waals surface area contributed by atoms with Crippen LogP contribution in [0.5, 0.6) is 0 Å². The van der Waals surface area contributed by atoms with E-state index in [4.69, 9.17) is 5.73 Å². The number of nitrogens with two attached hydrogens (primary N) is 1. The van der Waals surface area contributed by atoms with Gasteiger partial charge in [0.2, 0.25) is 5.91 Å². The molecule has 0 aliphatic heterocycles. The number of para-hydroxylation sites is 1. The van der Waals surface area contributed by atoms with Crippen molar-refractivity contribution in [3.63, 3.8) is 0 Å². The molecule has 0 fully saturated rings. The van der Waals surface area contributed by atoms with Gasteiger partial charge in [0.15, 0.2) is 0 Å². The normalized spacial score (nSPS) is 11.0. The molecule has 2 aromatic rings. The van der Waals surface area contributed by atoms with Gasteiger partial charge < -0.3 is 5.73 Å². The lowest BCUT2D eigenvalue weighted by Gasteiger charge is -2.06. The standard InChI is InChI=1S/C13H14N2O2/c1-8(2)13(17)15-7-10(12(14)16)9-5-3-4-6-11(9)15/h3-8H,1-2H3,(H2,14,16). The van der Waals surface area contributed by atoms with Crippen molar-refractivity contribution in [1.29, 1.82) is 0 Å². The minimum absolute atomic E-state index is 0.0475. The molecule has 0 unspecified atom stereocenters. The number of nitrogens with zero attached hydrogens (tertiary/aromatic N) is 1. The molecule has 4 nitrogen and oxygen atoms in total. The summed E-state index contributed by atoms with van der Waals surface area (Å²) in [5.74, 6) is -0.697. The molecule has 0 atom stereocenters. The Morgan fingerprint density at radius 1 is 1.24 bits per heavy atom. The van der Waals surface area contributed by atoms with Crippen molar-refractivity contribution in [2.45, 2.75) is 13.8 Å². The number of rotatable bonds is 2. The number of carbonyl (C=O) groups excluding carboxylic acids is 2. The fourth-order valence-electron chi connectivity index (χ4n) is 1.84. The topological polar surface area (TPSA) is 65.1 Å². The van der Waals surface area contributed by atoms with Crippen LogP contribution in [0.2, 0.25) is 0 Å². The fraction of sp³-hybridized carbons (Fsp3) is 0.231. The van der Waals surface area contributed by atoms with Crippen LogP contribution < -0.4 is 5.73 Å². The van der Waals surface area contributed by atoms with Gasteiger partial charge >= 0.3 is 0 Å². The zero-order valence-electron chi connectivity index (χ0n) is 9.81. The highest BCUT2D eigenvalue weighted by Gasteiger charge is 2.17. The first kappa shape index (κ1) is 11.4. The van der Waals surface area contributed by atoms with E-state index in [9.17, 15) is 9.59 Å². The maximum atomic E-state index is 12.0. The van der Waals surface area contributed by atoms with E-state index in [0.717, 1.165) is 5.52 Å². The number of aromatic nitrogens is 1. The summed E-state index contributed by atoms with van der Waals surface area (Å²) in [4.78, 5) is 23.3. The summed E-state index contributed by atoms with van der Waals surface area (Å²) in [6, 6.07) is 7.25. The monoisotopic (exact) mass is 230 g/mol. The average molecular weight is 230 g/mol. The summed E-state index contributed by atoms with van der Waals surface area (Å²) in [5.41, 5.74) is 6.41. The van der Waals surface area contributed by atoms with Crippen molar-refractivity contribution < 1.29 is 9.59 Å². The molecule has 1 aromatic heterocycles. The lowest BCUT2D eigenvalue weighted by Crippen LogP contribution is -2.16. The predicted molar refractivity (Wildman–Crippen MR) is 65.9 cm³/mol. The number of hydrogen-bond acceptors (Lipinski definition) is 2. The molecule has 0 radical (unpaired) electrons. The SMILES string of the molecule is CC(C)C(=O)n1cc(C(N)=O)c2ccccc21. The van der Waals surface area contributed by atoms with Gasteiger partial charge in [0, 0.05) is 17.5 Å². The summed E-state index contributed by atoms with van der Waals surface area (Å²) >= 11 is 0. The first-order valence-electron chi connectivity index (χ1n) is 5.46. The van der Waals surface area contributed by atoms with E-state index in [-0.39, 0.29) is 11.8 Å². The zero-order valence-corrected chi connectivity index (χ0v) is 9.81. The lowest BCUT2D eigenvalue weighted by molar-refractivity contribution is 0.0860. The van der Waals surface area contributed by atoms with Crippen molar-refractivity contribution in [2.75, 3.05) is 0 Å². The molecule has 1 heterocycles. The third kappa shape index (κ3) is 1.82. The molecule has 1 amide bonds. The van der Waals surface area contributed by atoms with Crippen LogP contribution in [0.4, 0.5) is 0 Å². The molecule has 0 aliphatic rings. The van der Waals surface area contributed by atoms with Crippen LogP contribution in [0.1, 0.15) is 29.0 Å². The van der Waals surface area contributed by atoms with Gasteiger partial charge in [-0.2, -0.15) is 0 Å². The van der Waals surface area contributed by atoms with Gasteiger partial charge in [-0.15, -0.1) is 0 Å². The van der Waals surface area contributed by atoms with Crippen molar-refractivity contribution in [3.8, 4) is 0 Å². The number of benzene rings is 1. The van der Waals surface area contributed by atoms with Gasteiger partial charge in [-0.25, -0.2) is 0 Å². The summed E-state index contributed by atoms with van der Waals surface area (Å²) < 4.78 is 1.50. The van der Waals surface area contributed by atoms with E-state index in [1.807, 2.05) is 32.0 Å². The molecule has 0 aliphatic carbocycles. The third-order valence-corrected chi connectivity index (χ3v) is 2.71. The maximum absolute atomic E-state index is 12.0. The molecule has 88 valence electrons. The summed E-state index contributed by atoms with van der Waals surface area (Å²) in [7, 11) is 0. The highest BCUT2D eigenvalue weighted by atomic mass is 16.2. The molecular formula is C13H14N2O2. The second-order valence-electron chi connectivity index (χ2n) is 4.29. The van der Waals surface area contributed by atoms with Gasteiger partial charge in [-0.1, -0.05) is 32.0 Å². The molecule has 2 N–H and O–H groups in total. The molecule has 0 saturated carbocycles. The second kappa shape index (κ2) is 4.05. The zero-order chi connectivity index (χ0) is 12.6. The van der Waals surface area contributed by atoms with Crippen molar-refractivity contribution in [1.82, 2.24) is 4.57 Å². The van der Waals surface area contributed by atoms with Crippen LogP contribution in [-0.2, 0) is 0 Å². The van der Waals surface area contributed by atoms with Crippen LogP contribution >= 0.6 is 0 Å². The second-order valence-corrected chi connectivity index (χ2v) is 4.29. The molecular weight excluding hydrogens is 216 g/mol. The largest absolute Gasteiger partial charge is 0.366 e. The van der Waals surface area contributed by atoms with Gasteiger partial charge in [-0.05, 0) is 6.07 Å². The number of carbonyl (C=O) groups is 2. The van der Waals surface area contributed by atoms with E-state index in [0.29, 0.717) is 10.9 Å². The quantitative estimate of drug-likeness (QED) is 0.857. The van der Waals surface area contributed by atoms with E-state index in [2.05, 4.69) is 0 Å². The first-order valence-corrected chi connectivity index (χ1v) is 5.46. The number of fused-ring (bicyclic) bond motifs is 1. The molecule has 1 aromatic carbocycles. The highest BCUT2D eigenvalue weighted by Crippen LogP contribution is 2.21. The van der Waals surface area contributed by atoms with Crippen molar-refractivity contribution >= 4 is 22.7 Å². The van der Waals surface area contributed by atoms with Crippen LogP contribution in [0.15, 0.2) is 30.5 Å². The minimum atomic E-state index is -0.517. The van der Waals surface area contributed by atoms with Gasteiger partial charge in [0.25, 0.3) is 5.91 Å². The maximum Gasteiger partial charge on any atom is 0.250 e. The van der Waals surface area contributed by atoms with Crippen molar-refractivity contribution in [3.05, 3.63) is 36.0 Å². The molecule has 0 spiro atoms. The summed E-state index contributed by atoms with van der Waals surface area (Å²) in [5, 5.41) is 0.717. The Hall–Kier alpha value is -2.10. The van der Waals surface area contributed by atoms with Gasteiger partial charge in [0.1, 0.15) is 0 Å². The van der Waals surface area contributed by atoms with Crippen LogP contribution in [0.25, 0.3) is 10.9 Å². The van der Waals surface area contributed by atoms with Crippen LogP contribution in [-0.4, -0.2) is 16.4 Å². The molecule has 17 heavy (non-hydrogen) atoms. The van der Waals surface area contributed by atoms with E-state index < -0.39 is 5.91 Å². The smallest absolute Gasteiger partial charge is 0.250 e. The lowest BCUT2D eigenvalue weighted by atomic mass is 10.1. The van der Waals surface area contributed by atoms with E-state index in [1.54, 1.807) is 6.07 Å². The predicted octanol–water partition coefficient (Wildman–Crippen LogP) is 2.04. The first-order chi connectivity index (χ1) is 8.02. The summed E-state index contributed by atoms with van der Waals surface area (Å²) in [6.07, 6.45) is 1.52. The molecule has 4 heteroatoms. The molecule has 0 saturated heterocycles. The Morgan fingerprint density at radius 3 is 2.47 bits per heavy atom. The Morgan fingerprint density at radius 2 is 1.88 bits per heavy atom. The van der Waals surface area contributed by atoms with Crippen molar-refractivity contribution in [2.24, 2.45) is 11.7 Å². The Bertz CT molecular complexity index is 596. The van der Waals surface area contributed by atoms with Crippen LogP contribution in [0.3, 0.4) is 0 Å². The van der Waals surface area contributed by atoms with Gasteiger partial charge in [0.05, 0.1) is 11.1 Å². The average Bonchev–Trinajstić information content (AvgIpc) is 2.67. The van der Waals surface area contributed by atoms with E-state index in [1.165, 1.54) is 10.8 Å². The third-order valence-electron chi connectivity index (χ3n) is 2.71. The summed E-state index contributed by atoms with van der Waals surface area (Å²) in [6.45, 7) is 3.64. The number of primary amides is 1. The Labute approximate surface area is 99.0 Å². The molecule has 2 rings (SSSR count). The Balaban J connectivity index is 2.73. The number of hydrogen-bond donors (Lipinski definition) is 1. The van der Waals surface area contributed by atoms with E-state index >= 15 is 0 Å². The Kier molecular flexibility index (Phi) is 2.71. The molecule has 0 bridgehead atoms. The van der Waals surface area contributed by atoms with Crippen LogP contribution in [0, 0.1) is 5.92 Å². The fourth-order valence-corrected chi connectivity index (χ4v) is 1.84.